The van der Waals surface area contributed by atoms with Gasteiger partial charge in [0.2, 0.25) is 0 Å². The summed E-state index contributed by atoms with van der Waals surface area (Å²) in [6.07, 6.45) is 10.5. The Morgan fingerprint density at radius 3 is 2.59 bits per heavy atom. The molecule has 2 saturated heterocycles. The number of benzene rings is 3. The summed E-state index contributed by atoms with van der Waals surface area (Å²) in [6.45, 7) is 3.86. The van der Waals surface area contributed by atoms with Gasteiger partial charge in [0.25, 0.3) is 5.91 Å². The van der Waals surface area contributed by atoms with E-state index in [4.69, 9.17) is 37.4 Å². The van der Waals surface area contributed by atoms with Gasteiger partial charge in [-0.1, -0.05) is 60.0 Å². The lowest BCUT2D eigenvalue weighted by Gasteiger charge is -2.58. The number of nitrogens with one attached hydrogen (secondary N) is 2. The molecule has 3 aromatic carbocycles. The third-order valence-corrected chi connectivity index (χ3v) is 13.6. The largest absolute Gasteiger partial charge is 0.492 e. The first-order valence-electron chi connectivity index (χ1n) is 20.6. The fourth-order valence-electron chi connectivity index (χ4n) is 10.2. The third-order valence-electron chi connectivity index (χ3n) is 12.9. The van der Waals surface area contributed by atoms with Crippen LogP contribution in [0.2, 0.25) is 10.0 Å². The molecule has 3 heterocycles. The average Bonchev–Trinajstić information content (AvgIpc) is 3.73. The molecule has 11 nitrogen and oxygen atoms in total. The molecule has 3 atom stereocenters. The Balaban J connectivity index is 0.909. The van der Waals surface area contributed by atoms with Gasteiger partial charge in [-0.3, -0.25) is 15.1 Å². The van der Waals surface area contributed by atoms with Crippen LogP contribution in [0.15, 0.2) is 67.0 Å². The van der Waals surface area contributed by atoms with E-state index in [1.54, 1.807) is 12.3 Å². The topological polar surface area (TPSA) is 146 Å². The van der Waals surface area contributed by atoms with Crippen molar-refractivity contribution in [3.63, 3.8) is 0 Å². The average molecular weight is 837 g/mol. The van der Waals surface area contributed by atoms with Gasteiger partial charge in [-0.15, -0.1) is 0 Å². The van der Waals surface area contributed by atoms with Gasteiger partial charge in [-0.25, -0.2) is 4.79 Å². The van der Waals surface area contributed by atoms with Gasteiger partial charge < -0.3 is 29.5 Å². The molecule has 5 aliphatic rings. The summed E-state index contributed by atoms with van der Waals surface area (Å²) in [7, 11) is 0. The van der Waals surface area contributed by atoms with Crippen LogP contribution in [0.1, 0.15) is 85.3 Å². The maximum atomic E-state index is 12.8. The van der Waals surface area contributed by atoms with Gasteiger partial charge in [-0.05, 0) is 104 Å². The van der Waals surface area contributed by atoms with E-state index in [1.165, 1.54) is 11.8 Å². The van der Waals surface area contributed by atoms with Gasteiger partial charge in [0.1, 0.15) is 41.6 Å². The minimum Gasteiger partial charge on any atom is -0.492 e. The van der Waals surface area contributed by atoms with Crippen molar-refractivity contribution >= 4 is 35.1 Å². The zero-order valence-corrected chi connectivity index (χ0v) is 34.3. The number of carbonyl (C=O) groups excluding carboxylic acids is 2. The molecular weight excluding hydrogens is 789 g/mol. The van der Waals surface area contributed by atoms with Crippen molar-refractivity contribution in [1.82, 2.24) is 20.5 Å². The standard InChI is InChI=1S/C46H47Cl2N5O6/c47-37-17-31(16-28-5-3-12-46(19-28)43(55)51-44(56)52-46)40(58-25-30-15-29(22-49)23-50-24-30)18-41(37)59-38-11-10-34-33(6-1-7-35(34)38)36-8-2-9-39(42(36)48)57-14-4-13-53-26-45(27-53)20-32(54)21-45/h1-2,6-9,15,17-18,23-24,28,32,38,54H,3-5,10-14,16,19-21,25-27H2,(H2,51,52,55,56)/t28?,38-,46?/m0/s1. The number of aliphatic hydroxyl groups excluding tert-OH is 1. The van der Waals surface area contributed by atoms with E-state index in [1.807, 2.05) is 36.4 Å². The highest BCUT2D eigenvalue weighted by Crippen LogP contribution is 2.49. The number of halogens is 2. The van der Waals surface area contributed by atoms with Crippen molar-refractivity contribution in [3.05, 3.63) is 105 Å². The summed E-state index contributed by atoms with van der Waals surface area (Å²) in [5.41, 5.74) is 5.73. The Morgan fingerprint density at radius 1 is 0.966 bits per heavy atom. The summed E-state index contributed by atoms with van der Waals surface area (Å²) >= 11 is 14.1. The molecule has 59 heavy (non-hydrogen) atoms. The molecule has 306 valence electrons. The number of pyridine rings is 1. The second-order valence-electron chi connectivity index (χ2n) is 17.1. The summed E-state index contributed by atoms with van der Waals surface area (Å²) in [6, 6.07) is 19.4. The molecule has 4 fully saturated rings. The maximum Gasteiger partial charge on any atom is 0.322 e. The first-order valence-corrected chi connectivity index (χ1v) is 21.4. The number of fused-ring (bicyclic) bond motifs is 1. The van der Waals surface area contributed by atoms with E-state index in [2.05, 4.69) is 38.7 Å². The molecule has 3 aliphatic carbocycles. The molecule has 0 bridgehead atoms. The second-order valence-corrected chi connectivity index (χ2v) is 17.9. The van der Waals surface area contributed by atoms with Crippen LogP contribution in [-0.2, 0) is 24.2 Å². The fourth-order valence-corrected chi connectivity index (χ4v) is 10.7. The minimum absolute atomic E-state index is 0.0963. The first kappa shape index (κ1) is 39.6. The predicted molar refractivity (Wildman–Crippen MR) is 223 cm³/mol. The van der Waals surface area contributed by atoms with Crippen LogP contribution in [0.3, 0.4) is 0 Å². The molecule has 13 heteroatoms. The van der Waals surface area contributed by atoms with Crippen molar-refractivity contribution in [3.8, 4) is 34.4 Å². The highest BCUT2D eigenvalue weighted by atomic mass is 35.5. The van der Waals surface area contributed by atoms with Crippen LogP contribution in [0, 0.1) is 22.7 Å². The van der Waals surface area contributed by atoms with E-state index in [-0.39, 0.29) is 30.6 Å². The third kappa shape index (κ3) is 8.08. The van der Waals surface area contributed by atoms with Crippen LogP contribution in [-0.4, -0.2) is 64.8 Å². The van der Waals surface area contributed by atoms with Crippen molar-refractivity contribution < 1.29 is 28.9 Å². The number of aliphatic hydroxyl groups is 1. The zero-order valence-electron chi connectivity index (χ0n) is 32.8. The van der Waals surface area contributed by atoms with Gasteiger partial charge in [0, 0.05) is 54.6 Å². The highest BCUT2D eigenvalue weighted by molar-refractivity contribution is 6.35. The van der Waals surface area contributed by atoms with Crippen LogP contribution in [0.25, 0.3) is 11.1 Å². The van der Waals surface area contributed by atoms with Crippen LogP contribution in [0.5, 0.6) is 17.2 Å². The SMILES string of the molecule is N#Cc1cncc(COc2cc(O[C@H]3CCc4c(-c5cccc(OCCCN6CC7(CC(O)C7)C6)c5Cl)cccc43)c(Cl)cc2CC2CCCC3(C2)NC(=O)NC3=O)c1. The van der Waals surface area contributed by atoms with Crippen molar-refractivity contribution in [1.29, 1.82) is 5.26 Å². The molecule has 3 N–H and O–H groups in total. The monoisotopic (exact) mass is 835 g/mol. The van der Waals surface area contributed by atoms with Gasteiger partial charge in [0.05, 0.1) is 28.3 Å². The number of amides is 3. The Labute approximate surface area is 354 Å². The molecule has 2 unspecified atom stereocenters. The van der Waals surface area contributed by atoms with E-state index >= 15 is 0 Å². The number of urea groups is 1. The Hall–Kier alpha value is -4.86. The maximum absolute atomic E-state index is 12.8. The summed E-state index contributed by atoms with van der Waals surface area (Å²) in [5, 5.41) is 25.5. The van der Waals surface area contributed by atoms with Gasteiger partial charge >= 0.3 is 6.03 Å². The molecule has 0 radical (unpaired) electrons. The van der Waals surface area contributed by atoms with E-state index < -0.39 is 11.6 Å². The quantitative estimate of drug-likeness (QED) is 0.0899. The normalized spacial score (nSPS) is 23.2. The zero-order chi connectivity index (χ0) is 40.7. The molecule has 3 amide bonds. The number of likely N-dealkylation sites (tertiary alicyclic amines) is 1. The summed E-state index contributed by atoms with van der Waals surface area (Å²) < 4.78 is 19.4. The molecule has 2 spiro atoms. The smallest absolute Gasteiger partial charge is 0.322 e. The van der Waals surface area contributed by atoms with E-state index in [9.17, 15) is 20.0 Å². The molecule has 1 aromatic heterocycles. The lowest BCUT2D eigenvalue weighted by molar-refractivity contribution is -0.128. The van der Waals surface area contributed by atoms with Crippen LogP contribution in [0.4, 0.5) is 4.79 Å². The predicted octanol–water partition coefficient (Wildman–Crippen LogP) is 8.11. The number of imide groups is 1. The lowest BCUT2D eigenvalue weighted by Crippen LogP contribution is -2.63. The Bertz CT molecular complexity index is 2320. The number of ether oxygens (including phenoxy) is 3. The lowest BCUT2D eigenvalue weighted by atomic mass is 9.62. The van der Waals surface area contributed by atoms with Crippen LogP contribution >= 0.6 is 23.2 Å². The molecule has 2 aliphatic heterocycles. The Kier molecular flexibility index (Phi) is 10.9. The van der Waals surface area contributed by atoms with E-state index in [0.717, 1.165) is 92.4 Å². The fraction of sp³-hybridized carbons (Fsp3) is 0.435. The Morgan fingerprint density at radius 2 is 1.80 bits per heavy atom. The van der Waals surface area contributed by atoms with Gasteiger partial charge in [-0.2, -0.15) is 5.26 Å². The number of aromatic nitrogens is 1. The van der Waals surface area contributed by atoms with Crippen molar-refractivity contribution in [2.45, 2.75) is 88.6 Å². The number of nitriles is 1. The molecule has 2 saturated carbocycles. The number of rotatable bonds is 13. The van der Waals surface area contributed by atoms with Crippen molar-refractivity contribution in [2.75, 3.05) is 26.2 Å². The highest BCUT2D eigenvalue weighted by Gasteiger charge is 2.51. The first-order chi connectivity index (χ1) is 28.6. The molecule has 4 aromatic rings. The minimum atomic E-state index is -0.898. The molecular formula is C46H47Cl2N5O6. The molecule has 9 rings (SSSR count). The summed E-state index contributed by atoms with van der Waals surface area (Å²) in [4.78, 5) is 31.6. The number of nitrogens with zero attached hydrogens (tertiary/aromatic N) is 3. The van der Waals surface area contributed by atoms with Crippen molar-refractivity contribution in [2.24, 2.45) is 11.3 Å². The van der Waals surface area contributed by atoms with E-state index in [0.29, 0.717) is 64.1 Å². The number of carbonyl (C=O) groups is 2. The number of hydrogen-bond acceptors (Lipinski definition) is 9. The van der Waals surface area contributed by atoms with Crippen LogP contribution < -0.4 is 24.8 Å². The number of hydrogen-bond donors (Lipinski definition) is 3. The second kappa shape index (κ2) is 16.3. The van der Waals surface area contributed by atoms with Gasteiger partial charge in [0.15, 0.2) is 0 Å². The summed E-state index contributed by atoms with van der Waals surface area (Å²) in [5.74, 6) is 1.58.